The van der Waals surface area contributed by atoms with Crippen LogP contribution in [0.2, 0.25) is 0 Å². The van der Waals surface area contributed by atoms with Crippen molar-refractivity contribution in [1.29, 1.82) is 0 Å². The van der Waals surface area contributed by atoms with E-state index in [2.05, 4.69) is 29.3 Å². The van der Waals surface area contributed by atoms with Crippen LogP contribution in [-0.4, -0.2) is 25.5 Å². The molecule has 1 aromatic carbocycles. The van der Waals surface area contributed by atoms with Gasteiger partial charge >= 0.3 is 0 Å². The lowest BCUT2D eigenvalue weighted by Crippen LogP contribution is -2.37. The Bertz CT molecular complexity index is 399. The molecule has 1 aliphatic carbocycles. The number of amides is 1. The van der Waals surface area contributed by atoms with E-state index < -0.39 is 0 Å². The molecule has 0 bridgehead atoms. The molecule has 0 radical (unpaired) electrons. The van der Waals surface area contributed by atoms with Gasteiger partial charge in [-0.3, -0.25) is 4.79 Å². The largest absolute Gasteiger partial charge is 0.363 e. The standard InChI is InChI=1S/C17H26N2O/c1-2-19(16-10-4-3-5-11-16)14-17(20)18-13-12-15-8-6-7-9-15/h3-5,10-11,15H,2,6-9,12-14H2,1H3,(H,18,20). The predicted molar refractivity (Wildman–Crippen MR) is 83.9 cm³/mol. The van der Waals surface area contributed by atoms with Crippen LogP contribution < -0.4 is 10.2 Å². The molecule has 0 unspecified atom stereocenters. The Hall–Kier alpha value is -1.51. The molecule has 3 nitrogen and oxygen atoms in total. The van der Waals surface area contributed by atoms with Gasteiger partial charge < -0.3 is 10.2 Å². The number of nitrogens with one attached hydrogen (secondary N) is 1. The van der Waals surface area contributed by atoms with Gasteiger partial charge in [-0.05, 0) is 31.4 Å². The van der Waals surface area contributed by atoms with Crippen molar-refractivity contribution >= 4 is 11.6 Å². The summed E-state index contributed by atoms with van der Waals surface area (Å²) in [7, 11) is 0. The van der Waals surface area contributed by atoms with Gasteiger partial charge in [0, 0.05) is 18.8 Å². The van der Waals surface area contributed by atoms with E-state index in [1.807, 2.05) is 18.2 Å². The van der Waals surface area contributed by atoms with Gasteiger partial charge in [-0.2, -0.15) is 0 Å². The minimum absolute atomic E-state index is 0.133. The summed E-state index contributed by atoms with van der Waals surface area (Å²) >= 11 is 0. The Labute approximate surface area is 122 Å². The normalized spacial score (nSPS) is 15.2. The minimum atomic E-state index is 0.133. The van der Waals surface area contributed by atoms with Crippen LogP contribution in [0.3, 0.4) is 0 Å². The maximum atomic E-state index is 12.0. The topological polar surface area (TPSA) is 32.3 Å². The predicted octanol–water partition coefficient (Wildman–Crippen LogP) is 3.21. The van der Waals surface area contributed by atoms with Crippen molar-refractivity contribution in [3.8, 4) is 0 Å². The summed E-state index contributed by atoms with van der Waals surface area (Å²) in [6.45, 7) is 4.21. The van der Waals surface area contributed by atoms with Crippen molar-refractivity contribution in [2.24, 2.45) is 5.92 Å². The van der Waals surface area contributed by atoms with Gasteiger partial charge in [0.1, 0.15) is 0 Å². The Morgan fingerprint density at radius 2 is 1.95 bits per heavy atom. The fourth-order valence-electron chi connectivity index (χ4n) is 2.97. The molecule has 2 rings (SSSR count). The van der Waals surface area contributed by atoms with E-state index in [4.69, 9.17) is 0 Å². The molecule has 0 heterocycles. The Balaban J connectivity index is 1.72. The quantitative estimate of drug-likeness (QED) is 0.828. The highest BCUT2D eigenvalue weighted by Crippen LogP contribution is 2.26. The van der Waals surface area contributed by atoms with E-state index in [1.165, 1.54) is 25.7 Å². The first-order valence-corrected chi connectivity index (χ1v) is 7.86. The number of hydrogen-bond acceptors (Lipinski definition) is 2. The first-order chi connectivity index (χ1) is 9.79. The van der Waals surface area contributed by atoms with Gasteiger partial charge in [0.15, 0.2) is 0 Å². The number of carbonyl (C=O) groups is 1. The molecule has 0 aliphatic heterocycles. The van der Waals surface area contributed by atoms with Crippen LogP contribution in [0.4, 0.5) is 5.69 Å². The first kappa shape index (κ1) is 14.9. The number of carbonyl (C=O) groups excluding carboxylic acids is 1. The summed E-state index contributed by atoms with van der Waals surface area (Å²) in [4.78, 5) is 14.1. The monoisotopic (exact) mass is 274 g/mol. The van der Waals surface area contributed by atoms with Crippen LogP contribution in [0, 0.1) is 5.92 Å². The molecule has 1 saturated carbocycles. The molecule has 0 aromatic heterocycles. The SMILES string of the molecule is CCN(CC(=O)NCCC1CCCC1)c1ccccc1. The smallest absolute Gasteiger partial charge is 0.239 e. The van der Waals surface area contributed by atoms with E-state index in [0.717, 1.165) is 31.1 Å². The molecule has 3 heteroatoms. The van der Waals surface area contributed by atoms with Gasteiger partial charge in [-0.1, -0.05) is 43.9 Å². The van der Waals surface area contributed by atoms with Gasteiger partial charge in [0.25, 0.3) is 0 Å². The molecule has 1 fully saturated rings. The highest BCUT2D eigenvalue weighted by molar-refractivity contribution is 5.81. The lowest BCUT2D eigenvalue weighted by Gasteiger charge is -2.22. The molecule has 1 N–H and O–H groups in total. The van der Waals surface area contributed by atoms with Crippen LogP contribution >= 0.6 is 0 Å². The number of rotatable bonds is 7. The van der Waals surface area contributed by atoms with Gasteiger partial charge in [-0.25, -0.2) is 0 Å². The molecule has 0 atom stereocenters. The van der Waals surface area contributed by atoms with E-state index in [0.29, 0.717) is 6.54 Å². The zero-order valence-electron chi connectivity index (χ0n) is 12.5. The molecule has 0 spiro atoms. The number of para-hydroxylation sites is 1. The van der Waals surface area contributed by atoms with Crippen LogP contribution in [0.1, 0.15) is 39.0 Å². The van der Waals surface area contributed by atoms with Gasteiger partial charge in [0.05, 0.1) is 6.54 Å². The molecule has 20 heavy (non-hydrogen) atoms. The molecular weight excluding hydrogens is 248 g/mol. The lowest BCUT2D eigenvalue weighted by molar-refractivity contribution is -0.119. The highest BCUT2D eigenvalue weighted by atomic mass is 16.2. The maximum Gasteiger partial charge on any atom is 0.239 e. The van der Waals surface area contributed by atoms with Crippen molar-refractivity contribution in [2.75, 3.05) is 24.5 Å². The second-order valence-electron chi connectivity index (χ2n) is 5.64. The second kappa shape index (κ2) is 7.93. The summed E-state index contributed by atoms with van der Waals surface area (Å²) in [5, 5.41) is 3.06. The molecule has 110 valence electrons. The molecular formula is C17H26N2O. The Morgan fingerprint density at radius 3 is 2.60 bits per heavy atom. The number of likely N-dealkylation sites (N-methyl/N-ethyl adjacent to an activating group) is 1. The van der Waals surface area contributed by atoms with Crippen molar-refractivity contribution in [3.05, 3.63) is 30.3 Å². The number of anilines is 1. The summed E-state index contributed by atoms with van der Waals surface area (Å²) in [6.07, 6.45) is 6.58. The zero-order chi connectivity index (χ0) is 14.2. The first-order valence-electron chi connectivity index (χ1n) is 7.86. The highest BCUT2D eigenvalue weighted by Gasteiger charge is 2.15. The fourth-order valence-corrected chi connectivity index (χ4v) is 2.97. The third-order valence-corrected chi connectivity index (χ3v) is 4.19. The summed E-state index contributed by atoms with van der Waals surface area (Å²) in [5.74, 6) is 0.973. The molecule has 1 aromatic rings. The third kappa shape index (κ3) is 4.55. The van der Waals surface area contributed by atoms with E-state index in [9.17, 15) is 4.79 Å². The number of hydrogen-bond donors (Lipinski definition) is 1. The van der Waals surface area contributed by atoms with E-state index in [1.54, 1.807) is 0 Å². The van der Waals surface area contributed by atoms with Crippen molar-refractivity contribution in [1.82, 2.24) is 5.32 Å². The molecule has 0 saturated heterocycles. The van der Waals surface area contributed by atoms with Crippen LogP contribution in [-0.2, 0) is 4.79 Å². The molecule has 1 aliphatic rings. The summed E-state index contributed by atoms with van der Waals surface area (Å²) < 4.78 is 0. The third-order valence-electron chi connectivity index (χ3n) is 4.19. The lowest BCUT2D eigenvalue weighted by atomic mass is 10.0. The van der Waals surface area contributed by atoms with Gasteiger partial charge in [0.2, 0.25) is 5.91 Å². The number of benzene rings is 1. The van der Waals surface area contributed by atoms with Crippen LogP contribution in [0.25, 0.3) is 0 Å². The van der Waals surface area contributed by atoms with Crippen molar-refractivity contribution in [3.63, 3.8) is 0 Å². The zero-order valence-corrected chi connectivity index (χ0v) is 12.5. The Morgan fingerprint density at radius 1 is 1.25 bits per heavy atom. The Kier molecular flexibility index (Phi) is 5.90. The minimum Gasteiger partial charge on any atom is -0.363 e. The van der Waals surface area contributed by atoms with Crippen LogP contribution in [0.15, 0.2) is 30.3 Å². The number of nitrogens with zero attached hydrogens (tertiary/aromatic N) is 1. The fraction of sp³-hybridized carbons (Fsp3) is 0.588. The average molecular weight is 274 g/mol. The van der Waals surface area contributed by atoms with E-state index in [-0.39, 0.29) is 5.91 Å². The summed E-state index contributed by atoms with van der Waals surface area (Å²) in [5.41, 5.74) is 1.11. The average Bonchev–Trinajstić information content (AvgIpc) is 2.99. The van der Waals surface area contributed by atoms with Crippen molar-refractivity contribution < 1.29 is 4.79 Å². The van der Waals surface area contributed by atoms with Crippen molar-refractivity contribution in [2.45, 2.75) is 39.0 Å². The summed E-state index contributed by atoms with van der Waals surface area (Å²) in [6, 6.07) is 10.1. The molecule has 1 amide bonds. The van der Waals surface area contributed by atoms with Gasteiger partial charge in [-0.15, -0.1) is 0 Å². The maximum absolute atomic E-state index is 12.0. The van der Waals surface area contributed by atoms with E-state index >= 15 is 0 Å². The van der Waals surface area contributed by atoms with Crippen LogP contribution in [0.5, 0.6) is 0 Å². The second-order valence-corrected chi connectivity index (χ2v) is 5.64.